The van der Waals surface area contributed by atoms with Crippen molar-refractivity contribution in [2.75, 3.05) is 6.54 Å². The third-order valence-electron chi connectivity index (χ3n) is 4.54. The maximum Gasteiger partial charge on any atom is 0.273 e. The maximum atomic E-state index is 14.7. The summed E-state index contributed by atoms with van der Waals surface area (Å²) in [4.78, 5) is 31.7. The van der Waals surface area contributed by atoms with Crippen molar-refractivity contribution in [3.8, 4) is 0 Å². The number of amides is 2. The summed E-state index contributed by atoms with van der Waals surface area (Å²) in [6.07, 6.45) is 2.99. The van der Waals surface area contributed by atoms with Crippen LogP contribution in [0.4, 0.5) is 4.39 Å². The van der Waals surface area contributed by atoms with Crippen molar-refractivity contribution in [1.29, 1.82) is 0 Å². The minimum atomic E-state index is -1.18. The number of carbonyl (C=O) groups excluding carboxylic acids is 2. The lowest BCUT2D eigenvalue weighted by Gasteiger charge is -2.30. The minimum absolute atomic E-state index is 0.0488. The molecule has 152 valence electrons. The average Bonchev–Trinajstić information content (AvgIpc) is 2.79. The molecule has 1 N–H and O–H groups in total. The van der Waals surface area contributed by atoms with E-state index in [1.165, 1.54) is 35.4 Å². The van der Waals surface area contributed by atoms with Crippen LogP contribution in [0.2, 0.25) is 0 Å². The molecule has 3 rings (SSSR count). The van der Waals surface area contributed by atoms with Crippen molar-refractivity contribution in [2.24, 2.45) is 0 Å². The van der Waals surface area contributed by atoms with Gasteiger partial charge in [-0.25, -0.2) is 4.39 Å². The third-order valence-corrected chi connectivity index (χ3v) is 4.54. The van der Waals surface area contributed by atoms with Crippen molar-refractivity contribution >= 4 is 11.8 Å². The molecule has 5 nitrogen and oxygen atoms in total. The number of hydrogen-bond donors (Lipinski definition) is 1. The predicted octanol–water partition coefficient (Wildman–Crippen LogP) is 3.91. The Bertz CT molecular complexity index is 1010. The molecule has 1 atom stereocenters. The van der Waals surface area contributed by atoms with E-state index in [-0.39, 0.29) is 24.3 Å². The second-order valence-electron chi connectivity index (χ2n) is 6.59. The summed E-state index contributed by atoms with van der Waals surface area (Å²) >= 11 is 0. The van der Waals surface area contributed by atoms with Crippen LogP contribution >= 0.6 is 0 Å². The van der Waals surface area contributed by atoms with Crippen LogP contribution in [0.5, 0.6) is 0 Å². The first-order valence-electron chi connectivity index (χ1n) is 9.50. The lowest BCUT2D eigenvalue weighted by atomic mass is 10.0. The van der Waals surface area contributed by atoms with Gasteiger partial charge in [0.05, 0.1) is 0 Å². The Labute approximate surface area is 174 Å². The van der Waals surface area contributed by atoms with Crippen LogP contribution in [0.15, 0.2) is 91.6 Å². The van der Waals surface area contributed by atoms with Crippen LogP contribution in [-0.4, -0.2) is 28.2 Å². The summed E-state index contributed by atoms with van der Waals surface area (Å²) in [6.45, 7) is 3.99. The molecule has 0 saturated carbocycles. The van der Waals surface area contributed by atoms with Crippen LogP contribution in [-0.2, 0) is 11.3 Å². The molecule has 1 heterocycles. The molecule has 0 fully saturated rings. The maximum absolute atomic E-state index is 14.7. The smallest absolute Gasteiger partial charge is 0.273 e. The van der Waals surface area contributed by atoms with Gasteiger partial charge in [-0.3, -0.25) is 14.6 Å². The molecule has 1 aromatic heterocycles. The van der Waals surface area contributed by atoms with Gasteiger partial charge < -0.3 is 10.2 Å². The second-order valence-corrected chi connectivity index (χ2v) is 6.59. The van der Waals surface area contributed by atoms with E-state index in [4.69, 9.17) is 0 Å². The molecule has 0 aliphatic carbocycles. The fourth-order valence-corrected chi connectivity index (χ4v) is 3.11. The fourth-order valence-electron chi connectivity index (χ4n) is 3.11. The summed E-state index contributed by atoms with van der Waals surface area (Å²) in [5.74, 6) is -1.55. The van der Waals surface area contributed by atoms with Crippen molar-refractivity contribution in [1.82, 2.24) is 15.2 Å². The number of carbonyl (C=O) groups is 2. The molecule has 0 unspecified atom stereocenters. The summed E-state index contributed by atoms with van der Waals surface area (Å²) in [5.41, 5.74) is 1.16. The lowest BCUT2D eigenvalue weighted by molar-refractivity contribution is -0.126. The average molecular weight is 403 g/mol. The highest BCUT2D eigenvalue weighted by Gasteiger charge is 2.33. The van der Waals surface area contributed by atoms with Gasteiger partial charge in [0, 0.05) is 24.8 Å². The van der Waals surface area contributed by atoms with Crippen LogP contribution < -0.4 is 5.32 Å². The van der Waals surface area contributed by atoms with Gasteiger partial charge in [0.2, 0.25) is 5.91 Å². The number of hydrogen-bond acceptors (Lipinski definition) is 3. The number of rotatable bonds is 8. The molecule has 0 bridgehead atoms. The van der Waals surface area contributed by atoms with Crippen molar-refractivity contribution in [2.45, 2.75) is 12.6 Å². The Hall–Kier alpha value is -3.80. The van der Waals surface area contributed by atoms with Crippen LogP contribution in [0, 0.1) is 5.82 Å². The zero-order valence-corrected chi connectivity index (χ0v) is 16.4. The van der Waals surface area contributed by atoms with Gasteiger partial charge in [-0.15, -0.1) is 6.58 Å². The van der Waals surface area contributed by atoms with E-state index in [1.807, 2.05) is 30.3 Å². The quantitative estimate of drug-likeness (QED) is 0.580. The predicted molar refractivity (Wildman–Crippen MR) is 113 cm³/mol. The first kappa shape index (κ1) is 20.9. The molecule has 0 aliphatic rings. The van der Waals surface area contributed by atoms with Gasteiger partial charge in [-0.2, -0.15) is 0 Å². The molecule has 6 heteroatoms. The van der Waals surface area contributed by atoms with Crippen LogP contribution in [0.1, 0.15) is 27.7 Å². The van der Waals surface area contributed by atoms with E-state index in [1.54, 1.807) is 24.3 Å². The summed E-state index contributed by atoms with van der Waals surface area (Å²) < 4.78 is 14.7. The molecule has 0 radical (unpaired) electrons. The summed E-state index contributed by atoms with van der Waals surface area (Å²) in [6, 6.07) is 19.0. The molecule has 0 saturated heterocycles. The van der Waals surface area contributed by atoms with Gasteiger partial charge in [-0.05, 0) is 23.8 Å². The molecule has 2 aromatic carbocycles. The zero-order chi connectivity index (χ0) is 21.3. The largest absolute Gasteiger partial charge is 0.350 e. The number of nitrogens with zero attached hydrogens (tertiary/aromatic N) is 2. The fraction of sp³-hybridized carbons (Fsp3) is 0.125. The summed E-state index contributed by atoms with van der Waals surface area (Å²) in [7, 11) is 0. The Kier molecular flexibility index (Phi) is 7.05. The number of benzene rings is 2. The Morgan fingerprint density at radius 1 is 1.03 bits per heavy atom. The Morgan fingerprint density at radius 3 is 2.40 bits per heavy atom. The Morgan fingerprint density at radius 2 is 1.73 bits per heavy atom. The molecular formula is C24H22FN3O2. The second kappa shape index (κ2) is 10.1. The number of pyridine rings is 1. The van der Waals surface area contributed by atoms with Gasteiger partial charge in [-0.1, -0.05) is 60.7 Å². The van der Waals surface area contributed by atoms with Gasteiger partial charge in [0.1, 0.15) is 17.6 Å². The topological polar surface area (TPSA) is 62.3 Å². The van der Waals surface area contributed by atoms with Gasteiger partial charge in [0.15, 0.2) is 0 Å². The lowest BCUT2D eigenvalue weighted by Crippen LogP contribution is -2.44. The normalized spacial score (nSPS) is 11.4. The van der Waals surface area contributed by atoms with Crippen molar-refractivity contribution < 1.29 is 14.0 Å². The first-order valence-corrected chi connectivity index (χ1v) is 9.50. The van der Waals surface area contributed by atoms with E-state index < -0.39 is 23.7 Å². The summed E-state index contributed by atoms with van der Waals surface area (Å²) in [5, 5.41) is 2.82. The van der Waals surface area contributed by atoms with E-state index in [0.717, 1.165) is 5.56 Å². The zero-order valence-electron chi connectivity index (χ0n) is 16.4. The molecule has 2 amide bonds. The Balaban J connectivity index is 1.96. The molecule has 3 aromatic rings. The number of aromatic nitrogens is 1. The van der Waals surface area contributed by atoms with E-state index in [2.05, 4.69) is 16.9 Å². The molecule has 0 aliphatic heterocycles. The third kappa shape index (κ3) is 4.97. The van der Waals surface area contributed by atoms with E-state index in [0.29, 0.717) is 0 Å². The number of nitrogens with one attached hydrogen (secondary N) is 1. The minimum Gasteiger partial charge on any atom is -0.350 e. The standard InChI is InChI=1S/C24H22FN3O2/c1-2-16-28(24(30)21-14-8-9-15-26-21)22(19-12-6-7-13-20(19)25)23(29)27-17-18-10-4-3-5-11-18/h2-15,22H,1,16-17H2,(H,27,29)/t22-/m1/s1. The van der Waals surface area contributed by atoms with E-state index >= 15 is 0 Å². The molecular weight excluding hydrogens is 381 g/mol. The van der Waals surface area contributed by atoms with Crippen LogP contribution in [0.3, 0.4) is 0 Å². The monoisotopic (exact) mass is 403 g/mol. The first-order chi connectivity index (χ1) is 14.6. The molecule has 0 spiro atoms. The van der Waals surface area contributed by atoms with Crippen molar-refractivity contribution in [3.63, 3.8) is 0 Å². The van der Waals surface area contributed by atoms with Gasteiger partial charge in [0.25, 0.3) is 5.91 Å². The SMILES string of the molecule is C=CCN(C(=O)c1ccccn1)[C@@H](C(=O)NCc1ccccc1)c1ccccc1F. The molecule has 30 heavy (non-hydrogen) atoms. The van der Waals surface area contributed by atoms with E-state index in [9.17, 15) is 14.0 Å². The van der Waals surface area contributed by atoms with Crippen molar-refractivity contribution in [3.05, 3.63) is 114 Å². The highest BCUT2D eigenvalue weighted by Crippen LogP contribution is 2.25. The van der Waals surface area contributed by atoms with Crippen LogP contribution in [0.25, 0.3) is 0 Å². The van der Waals surface area contributed by atoms with Gasteiger partial charge >= 0.3 is 0 Å². The highest BCUT2D eigenvalue weighted by atomic mass is 19.1. The highest BCUT2D eigenvalue weighted by molar-refractivity contribution is 5.96. The number of halogens is 1.